The highest BCUT2D eigenvalue weighted by Crippen LogP contribution is 2.39. The summed E-state index contributed by atoms with van der Waals surface area (Å²) in [5.74, 6) is 0. The Balaban J connectivity index is 1.48. The van der Waals surface area contributed by atoms with Crippen molar-refractivity contribution in [3.8, 4) is 16.8 Å². The van der Waals surface area contributed by atoms with E-state index in [1.165, 1.54) is 49.9 Å². The first-order valence-corrected chi connectivity index (χ1v) is 12.8. The number of nitrogens with zero attached hydrogens (tertiary/aromatic N) is 2. The van der Waals surface area contributed by atoms with Gasteiger partial charge in [0.2, 0.25) is 0 Å². The minimum Gasteiger partial charge on any atom is -0.309 e. The van der Waals surface area contributed by atoms with E-state index in [9.17, 15) is 0 Å². The van der Waals surface area contributed by atoms with Crippen LogP contribution in [0.1, 0.15) is 18.1 Å². The van der Waals surface area contributed by atoms with Gasteiger partial charge in [-0.1, -0.05) is 84.9 Å². The molecule has 7 rings (SSSR count). The van der Waals surface area contributed by atoms with Gasteiger partial charge < -0.3 is 9.98 Å². The van der Waals surface area contributed by atoms with Crippen LogP contribution in [0.2, 0.25) is 0 Å². The fourth-order valence-corrected chi connectivity index (χ4v) is 5.53. The average molecular weight is 488 g/mol. The number of hydrogen-bond acceptors (Lipinski definition) is 2. The van der Waals surface area contributed by atoms with Crippen molar-refractivity contribution >= 4 is 50.1 Å². The van der Waals surface area contributed by atoms with Crippen molar-refractivity contribution in [2.24, 2.45) is 4.99 Å². The number of rotatable bonds is 5. The monoisotopic (exact) mass is 487 g/mol. The molecule has 0 saturated heterocycles. The third-order valence-corrected chi connectivity index (χ3v) is 7.52. The fourth-order valence-electron chi connectivity index (χ4n) is 5.53. The molecule has 6 aromatic rings. The van der Waals surface area contributed by atoms with Gasteiger partial charge in [0.05, 0.1) is 16.7 Å². The van der Waals surface area contributed by atoms with E-state index in [4.69, 9.17) is 5.41 Å². The molecule has 0 radical (unpaired) electrons. The van der Waals surface area contributed by atoms with Crippen LogP contribution in [0, 0.1) is 5.41 Å². The van der Waals surface area contributed by atoms with Crippen molar-refractivity contribution in [1.82, 2.24) is 4.57 Å². The van der Waals surface area contributed by atoms with E-state index in [1.807, 2.05) is 25.3 Å². The molecule has 0 saturated carbocycles. The standard InChI is InChI=1S/C35H25N3/c1-2-23(22-36)26-12-15-30-28(20-26)14-17-32-31-16-13-27(24-8-10-25(11-9-24)33-18-19-37-33)21-34(31)38(35(30)32)29-6-4-3-5-7-29/h2-22,36H,1H3/b23-2+,36-22?. The van der Waals surface area contributed by atoms with Crippen LogP contribution in [0.5, 0.6) is 0 Å². The van der Waals surface area contributed by atoms with E-state index in [0.29, 0.717) is 0 Å². The Morgan fingerprint density at radius 3 is 2.16 bits per heavy atom. The Morgan fingerprint density at radius 1 is 0.737 bits per heavy atom. The molecule has 180 valence electrons. The molecule has 3 nitrogen and oxygen atoms in total. The third-order valence-electron chi connectivity index (χ3n) is 7.52. The Kier molecular flexibility index (Phi) is 5.15. The zero-order chi connectivity index (χ0) is 25.6. The molecule has 2 heterocycles. The van der Waals surface area contributed by atoms with E-state index in [0.717, 1.165) is 28.1 Å². The van der Waals surface area contributed by atoms with E-state index in [2.05, 4.69) is 113 Å². The molecule has 0 aliphatic carbocycles. The predicted molar refractivity (Wildman–Crippen MR) is 162 cm³/mol. The lowest BCUT2D eigenvalue weighted by Crippen LogP contribution is -2.00. The molecule has 3 heteroatoms. The number of nitrogens with one attached hydrogen (secondary N) is 1. The second kappa shape index (κ2) is 8.82. The first kappa shape index (κ1) is 22.2. The lowest BCUT2D eigenvalue weighted by molar-refractivity contribution is 1.19. The zero-order valence-corrected chi connectivity index (χ0v) is 21.0. The molecule has 1 aliphatic rings. The van der Waals surface area contributed by atoms with Gasteiger partial charge >= 0.3 is 0 Å². The second-order valence-corrected chi connectivity index (χ2v) is 9.60. The number of para-hydroxylation sites is 1. The summed E-state index contributed by atoms with van der Waals surface area (Å²) in [5, 5.41) is 12.6. The van der Waals surface area contributed by atoms with Gasteiger partial charge in [-0.15, -0.1) is 0 Å². The summed E-state index contributed by atoms with van der Waals surface area (Å²) in [5.41, 5.74) is 10.1. The molecule has 0 atom stereocenters. The molecule has 1 aliphatic heterocycles. The van der Waals surface area contributed by atoms with Crippen molar-refractivity contribution in [3.63, 3.8) is 0 Å². The molecule has 0 fully saturated rings. The first-order chi connectivity index (χ1) is 18.7. The van der Waals surface area contributed by atoms with Gasteiger partial charge in [-0.2, -0.15) is 0 Å². The largest absolute Gasteiger partial charge is 0.309 e. The average Bonchev–Trinajstić information content (AvgIpc) is 3.27. The molecule has 0 bridgehead atoms. The lowest BCUT2D eigenvalue weighted by atomic mass is 9.98. The van der Waals surface area contributed by atoms with Gasteiger partial charge in [-0.25, -0.2) is 0 Å². The van der Waals surface area contributed by atoms with Crippen LogP contribution >= 0.6 is 0 Å². The topological polar surface area (TPSA) is 41.1 Å². The smallest absolute Gasteiger partial charge is 0.0717 e. The third kappa shape index (κ3) is 3.44. The molecule has 1 aromatic heterocycles. The predicted octanol–water partition coefficient (Wildman–Crippen LogP) is 8.97. The van der Waals surface area contributed by atoms with Gasteiger partial charge in [0.25, 0.3) is 0 Å². The molecule has 5 aromatic carbocycles. The van der Waals surface area contributed by atoms with E-state index < -0.39 is 0 Å². The Bertz CT molecular complexity index is 1970. The highest BCUT2D eigenvalue weighted by atomic mass is 15.0. The number of aromatic nitrogens is 1. The van der Waals surface area contributed by atoms with Gasteiger partial charge in [0.1, 0.15) is 0 Å². The van der Waals surface area contributed by atoms with Crippen molar-refractivity contribution in [2.45, 2.75) is 6.92 Å². The molecular formula is C35H25N3. The van der Waals surface area contributed by atoms with Crippen molar-refractivity contribution in [2.75, 3.05) is 0 Å². The number of aliphatic imine (C=N–C) groups is 1. The highest BCUT2D eigenvalue weighted by Gasteiger charge is 2.16. The van der Waals surface area contributed by atoms with Crippen LogP contribution in [-0.2, 0) is 0 Å². The molecular weight excluding hydrogens is 462 g/mol. The summed E-state index contributed by atoms with van der Waals surface area (Å²) >= 11 is 0. The molecule has 0 spiro atoms. The van der Waals surface area contributed by atoms with Gasteiger partial charge in [0, 0.05) is 39.8 Å². The van der Waals surface area contributed by atoms with Gasteiger partial charge in [-0.3, -0.25) is 4.99 Å². The zero-order valence-electron chi connectivity index (χ0n) is 21.0. The van der Waals surface area contributed by atoms with Crippen LogP contribution in [0.15, 0.2) is 126 Å². The van der Waals surface area contributed by atoms with Crippen molar-refractivity contribution in [3.05, 3.63) is 133 Å². The van der Waals surface area contributed by atoms with Crippen LogP contribution in [-0.4, -0.2) is 16.5 Å². The summed E-state index contributed by atoms with van der Waals surface area (Å²) < 4.78 is 2.39. The highest BCUT2D eigenvalue weighted by molar-refractivity contribution is 6.20. The summed E-state index contributed by atoms with van der Waals surface area (Å²) in [6.07, 6.45) is 7.28. The summed E-state index contributed by atoms with van der Waals surface area (Å²) in [6.45, 7) is 1.98. The number of hydrogen-bond donors (Lipinski definition) is 1. The quantitative estimate of drug-likeness (QED) is 0.236. The van der Waals surface area contributed by atoms with Crippen LogP contribution in [0.4, 0.5) is 0 Å². The Morgan fingerprint density at radius 2 is 1.45 bits per heavy atom. The van der Waals surface area contributed by atoms with E-state index >= 15 is 0 Å². The minimum absolute atomic E-state index is 0.923. The summed E-state index contributed by atoms with van der Waals surface area (Å²) in [7, 11) is 0. The first-order valence-electron chi connectivity index (χ1n) is 12.8. The molecule has 1 N–H and O–H groups in total. The Labute approximate surface area is 221 Å². The van der Waals surface area contributed by atoms with Crippen LogP contribution in [0.3, 0.4) is 0 Å². The maximum atomic E-state index is 7.79. The SMILES string of the molecule is C/C=C(\C=N)c1ccc2c(ccc3c4ccc(-c5ccc(C6=NC=C6)cc5)cc4n(-c4ccccc4)c23)c1. The van der Waals surface area contributed by atoms with Crippen LogP contribution < -0.4 is 0 Å². The number of fused-ring (bicyclic) bond motifs is 5. The molecule has 38 heavy (non-hydrogen) atoms. The maximum Gasteiger partial charge on any atom is 0.0717 e. The number of allylic oxidation sites excluding steroid dienone is 3. The normalized spacial score (nSPS) is 13.2. The second-order valence-electron chi connectivity index (χ2n) is 9.60. The maximum absolute atomic E-state index is 7.79. The van der Waals surface area contributed by atoms with Crippen molar-refractivity contribution in [1.29, 1.82) is 5.41 Å². The van der Waals surface area contributed by atoms with Crippen LogP contribution in [0.25, 0.3) is 55.0 Å². The van der Waals surface area contributed by atoms with Crippen molar-refractivity contribution < 1.29 is 0 Å². The summed E-state index contributed by atoms with van der Waals surface area (Å²) in [4.78, 5) is 4.32. The van der Waals surface area contributed by atoms with E-state index in [-0.39, 0.29) is 0 Å². The fraction of sp³-hybridized carbons (Fsp3) is 0.0286. The van der Waals surface area contributed by atoms with Gasteiger partial charge in [-0.05, 0) is 64.9 Å². The molecule has 0 amide bonds. The van der Waals surface area contributed by atoms with Gasteiger partial charge in [0.15, 0.2) is 0 Å². The minimum atomic E-state index is 0.923. The Hall–Kier alpha value is -5.02. The number of benzene rings is 5. The van der Waals surface area contributed by atoms with E-state index in [1.54, 1.807) is 0 Å². The molecule has 0 unspecified atom stereocenters. The lowest BCUT2D eigenvalue weighted by Gasteiger charge is -2.12. The summed E-state index contributed by atoms with van der Waals surface area (Å²) in [6, 6.07) is 37.0.